The molecular formula is C28H37N7O2. The van der Waals surface area contributed by atoms with Crippen molar-refractivity contribution < 1.29 is 9.53 Å². The van der Waals surface area contributed by atoms with Crippen LogP contribution in [-0.4, -0.2) is 67.3 Å². The third-order valence-electron chi connectivity index (χ3n) is 7.02. The van der Waals surface area contributed by atoms with E-state index >= 15 is 0 Å². The molecule has 0 aromatic carbocycles. The predicted molar refractivity (Wildman–Crippen MR) is 144 cm³/mol. The fourth-order valence-corrected chi connectivity index (χ4v) is 5.13. The zero-order chi connectivity index (χ0) is 26.2. The summed E-state index contributed by atoms with van der Waals surface area (Å²) in [6, 6.07) is 4.24. The number of ether oxygens (including phenoxy) is 1. The highest BCUT2D eigenvalue weighted by Crippen LogP contribution is 2.29. The van der Waals surface area contributed by atoms with E-state index in [1.807, 2.05) is 38.4 Å². The van der Waals surface area contributed by atoms with Crippen LogP contribution < -0.4 is 4.90 Å². The van der Waals surface area contributed by atoms with E-state index in [9.17, 15) is 4.79 Å². The van der Waals surface area contributed by atoms with Crippen molar-refractivity contribution in [3.05, 3.63) is 53.4 Å². The predicted octanol–water partition coefficient (Wildman–Crippen LogP) is 4.62. The van der Waals surface area contributed by atoms with E-state index in [2.05, 4.69) is 40.0 Å². The van der Waals surface area contributed by atoms with E-state index in [1.54, 1.807) is 11.2 Å². The number of fused-ring (bicyclic) bond motifs is 1. The molecule has 1 amide bonds. The Bertz CT molecular complexity index is 1320. The number of hydrogen-bond acceptors (Lipinski definition) is 7. The van der Waals surface area contributed by atoms with Gasteiger partial charge in [-0.1, -0.05) is 6.08 Å². The van der Waals surface area contributed by atoms with E-state index in [0.717, 1.165) is 72.9 Å². The molecule has 196 valence electrons. The molecule has 1 saturated heterocycles. The summed E-state index contributed by atoms with van der Waals surface area (Å²) in [6.07, 6.45) is 9.39. The van der Waals surface area contributed by atoms with Crippen LogP contribution in [0.4, 0.5) is 10.6 Å². The van der Waals surface area contributed by atoms with Crippen molar-refractivity contribution in [2.75, 3.05) is 31.1 Å². The second-order valence-electron chi connectivity index (χ2n) is 11.3. The molecule has 0 aliphatic carbocycles. The minimum Gasteiger partial charge on any atom is -0.444 e. The Kier molecular flexibility index (Phi) is 6.88. The van der Waals surface area contributed by atoms with Crippen LogP contribution in [0.1, 0.15) is 62.7 Å². The number of carbonyl (C=O) groups excluding carboxylic acids is 1. The largest absolute Gasteiger partial charge is 0.444 e. The van der Waals surface area contributed by atoms with Crippen molar-refractivity contribution in [1.29, 1.82) is 0 Å². The third kappa shape index (κ3) is 5.92. The SMILES string of the molecule is Cc1cc(C2=CCN(C(=O)OC(C)(C)C)CC2)c2nc(CC3CCN(c4cc(C)ncn4)CC3)nn2c1. The minimum absolute atomic E-state index is 0.261. The van der Waals surface area contributed by atoms with Crippen LogP contribution in [0.5, 0.6) is 0 Å². The quantitative estimate of drug-likeness (QED) is 0.513. The van der Waals surface area contributed by atoms with Crippen LogP contribution in [0.15, 0.2) is 30.7 Å². The van der Waals surface area contributed by atoms with Gasteiger partial charge in [0.2, 0.25) is 0 Å². The lowest BCUT2D eigenvalue weighted by Crippen LogP contribution is -2.39. The van der Waals surface area contributed by atoms with Gasteiger partial charge < -0.3 is 14.5 Å². The second-order valence-corrected chi connectivity index (χ2v) is 11.3. The van der Waals surface area contributed by atoms with Crippen LogP contribution in [0.3, 0.4) is 0 Å². The Morgan fingerprint density at radius 2 is 1.89 bits per heavy atom. The molecular weight excluding hydrogens is 466 g/mol. The number of anilines is 1. The number of rotatable bonds is 4. The first-order valence-electron chi connectivity index (χ1n) is 13.2. The van der Waals surface area contributed by atoms with E-state index in [-0.39, 0.29) is 6.09 Å². The Hall–Kier alpha value is -3.49. The summed E-state index contributed by atoms with van der Waals surface area (Å²) >= 11 is 0. The zero-order valence-electron chi connectivity index (χ0n) is 22.6. The van der Waals surface area contributed by atoms with Gasteiger partial charge in [0.25, 0.3) is 0 Å². The van der Waals surface area contributed by atoms with Crippen LogP contribution in [0.2, 0.25) is 0 Å². The highest BCUT2D eigenvalue weighted by molar-refractivity contribution is 5.78. The smallest absolute Gasteiger partial charge is 0.410 e. The molecule has 0 bridgehead atoms. The van der Waals surface area contributed by atoms with Crippen LogP contribution in [0, 0.1) is 19.8 Å². The minimum atomic E-state index is -0.493. The second kappa shape index (κ2) is 10.1. The van der Waals surface area contributed by atoms with Crippen molar-refractivity contribution in [1.82, 2.24) is 29.5 Å². The van der Waals surface area contributed by atoms with Gasteiger partial charge in [0.1, 0.15) is 17.7 Å². The normalized spacial score (nSPS) is 17.3. The van der Waals surface area contributed by atoms with Crippen molar-refractivity contribution in [3.8, 4) is 0 Å². The van der Waals surface area contributed by atoms with Crippen LogP contribution >= 0.6 is 0 Å². The van der Waals surface area contributed by atoms with Gasteiger partial charge in [-0.15, -0.1) is 0 Å². The summed E-state index contributed by atoms with van der Waals surface area (Å²) in [5.74, 6) is 2.47. The van der Waals surface area contributed by atoms with Crippen molar-refractivity contribution >= 4 is 23.1 Å². The molecule has 2 aliphatic rings. The lowest BCUT2D eigenvalue weighted by Gasteiger charge is -2.32. The van der Waals surface area contributed by atoms with Crippen LogP contribution in [0.25, 0.3) is 11.2 Å². The lowest BCUT2D eigenvalue weighted by molar-refractivity contribution is 0.0270. The number of amides is 1. The molecule has 1 fully saturated rings. The summed E-state index contributed by atoms with van der Waals surface area (Å²) in [5, 5.41) is 4.85. The number of carbonyl (C=O) groups is 1. The molecule has 0 radical (unpaired) electrons. The number of nitrogens with zero attached hydrogens (tertiary/aromatic N) is 7. The van der Waals surface area contributed by atoms with Crippen molar-refractivity contribution in [2.45, 2.75) is 65.9 Å². The summed E-state index contributed by atoms with van der Waals surface area (Å²) < 4.78 is 7.47. The summed E-state index contributed by atoms with van der Waals surface area (Å²) in [6.45, 7) is 12.9. The van der Waals surface area contributed by atoms with Gasteiger partial charge >= 0.3 is 6.09 Å². The van der Waals surface area contributed by atoms with E-state index in [1.165, 1.54) is 5.57 Å². The summed E-state index contributed by atoms with van der Waals surface area (Å²) in [7, 11) is 0. The van der Waals surface area contributed by atoms with Gasteiger partial charge in [-0.3, -0.25) is 0 Å². The van der Waals surface area contributed by atoms with E-state index in [0.29, 0.717) is 19.0 Å². The van der Waals surface area contributed by atoms with Crippen LogP contribution in [-0.2, 0) is 11.2 Å². The van der Waals surface area contributed by atoms with Crippen molar-refractivity contribution in [3.63, 3.8) is 0 Å². The van der Waals surface area contributed by atoms with Gasteiger partial charge in [-0.25, -0.2) is 24.3 Å². The molecule has 37 heavy (non-hydrogen) atoms. The average Bonchev–Trinajstić information content (AvgIpc) is 3.25. The molecule has 3 aromatic rings. The number of pyridine rings is 1. The maximum Gasteiger partial charge on any atom is 0.410 e. The molecule has 3 aromatic heterocycles. The Labute approximate surface area is 218 Å². The molecule has 0 atom stereocenters. The van der Waals surface area contributed by atoms with Gasteiger partial charge in [0, 0.05) is 56.1 Å². The molecule has 0 unspecified atom stereocenters. The topological polar surface area (TPSA) is 88.8 Å². The maximum atomic E-state index is 12.5. The number of hydrogen-bond donors (Lipinski definition) is 0. The van der Waals surface area contributed by atoms with Gasteiger partial charge in [-0.05, 0) is 77.0 Å². The first-order valence-corrected chi connectivity index (χ1v) is 13.2. The Morgan fingerprint density at radius 1 is 1.11 bits per heavy atom. The van der Waals surface area contributed by atoms with Gasteiger partial charge in [-0.2, -0.15) is 5.10 Å². The van der Waals surface area contributed by atoms with E-state index < -0.39 is 5.60 Å². The average molecular weight is 504 g/mol. The maximum absolute atomic E-state index is 12.5. The molecule has 5 rings (SSSR count). The fourth-order valence-electron chi connectivity index (χ4n) is 5.13. The molecule has 0 N–H and O–H groups in total. The standard InChI is InChI=1S/C28H37N7O2/c1-19-14-23(22-8-12-34(13-9-22)27(36)37-28(3,4)5)26-31-24(32-35(26)17-19)16-21-6-10-33(11-7-21)25-15-20(2)29-18-30-25/h8,14-15,17-18,21H,6-7,9-13,16H2,1-5H3. The number of aryl methyl sites for hydroxylation is 2. The number of piperidine rings is 1. The zero-order valence-corrected chi connectivity index (χ0v) is 22.6. The van der Waals surface area contributed by atoms with Gasteiger partial charge in [0.05, 0.1) is 0 Å². The van der Waals surface area contributed by atoms with Crippen molar-refractivity contribution in [2.24, 2.45) is 5.92 Å². The summed E-state index contributed by atoms with van der Waals surface area (Å²) in [4.78, 5) is 30.2. The number of aromatic nitrogens is 5. The molecule has 9 nitrogen and oxygen atoms in total. The Morgan fingerprint density at radius 3 is 2.57 bits per heavy atom. The molecule has 0 saturated carbocycles. The highest BCUT2D eigenvalue weighted by atomic mass is 16.6. The van der Waals surface area contributed by atoms with Gasteiger partial charge in [0.15, 0.2) is 11.5 Å². The first kappa shape index (κ1) is 25.2. The monoisotopic (exact) mass is 503 g/mol. The lowest BCUT2D eigenvalue weighted by atomic mass is 9.93. The Balaban J connectivity index is 1.27. The summed E-state index contributed by atoms with van der Waals surface area (Å²) in [5.41, 5.74) is 4.86. The molecule has 5 heterocycles. The third-order valence-corrected chi connectivity index (χ3v) is 7.02. The fraction of sp³-hybridized carbons (Fsp3) is 0.536. The highest BCUT2D eigenvalue weighted by Gasteiger charge is 2.26. The van der Waals surface area contributed by atoms with E-state index in [4.69, 9.17) is 14.8 Å². The molecule has 2 aliphatic heterocycles. The first-order chi connectivity index (χ1) is 17.6. The molecule has 0 spiro atoms. The molecule has 9 heteroatoms.